The van der Waals surface area contributed by atoms with Crippen LogP contribution in [0, 0.1) is 12.3 Å². The Hall–Kier alpha value is -2.30. The maximum Gasteiger partial charge on any atom is 0.253 e. The molecule has 5 heteroatoms. The predicted octanol–water partition coefficient (Wildman–Crippen LogP) is 0.712. The van der Waals surface area contributed by atoms with Gasteiger partial charge in [0, 0.05) is 11.9 Å². The highest BCUT2D eigenvalue weighted by Gasteiger charge is 2.07. The Morgan fingerprint density at radius 2 is 2.12 bits per heavy atom. The molecule has 0 saturated heterocycles. The van der Waals surface area contributed by atoms with Crippen LogP contribution in [-0.4, -0.2) is 12.1 Å². The van der Waals surface area contributed by atoms with E-state index in [0.29, 0.717) is 0 Å². The van der Waals surface area contributed by atoms with Crippen molar-refractivity contribution in [3.05, 3.63) is 41.2 Å². The van der Waals surface area contributed by atoms with Crippen LogP contribution in [0.5, 0.6) is 0 Å². The average Bonchev–Trinajstić information content (AvgIpc) is 2.17. The van der Waals surface area contributed by atoms with E-state index in [1.54, 1.807) is 0 Å². The first-order valence-corrected chi connectivity index (χ1v) is 4.68. The van der Waals surface area contributed by atoms with E-state index in [9.17, 15) is 4.79 Å². The van der Waals surface area contributed by atoms with Crippen LogP contribution in [0.25, 0.3) is 0 Å². The number of nitrogens with two attached hydrogens (primary N) is 2. The lowest BCUT2D eigenvalue weighted by Gasteiger charge is -2.09. The SMILES string of the molecule is Cc1cccc(N/C(N)=C(\C=N)C(N)=O)c1. The van der Waals surface area contributed by atoms with Crippen LogP contribution in [0.4, 0.5) is 5.69 Å². The molecule has 0 aliphatic carbocycles. The van der Waals surface area contributed by atoms with Crippen molar-refractivity contribution >= 4 is 17.8 Å². The van der Waals surface area contributed by atoms with Crippen molar-refractivity contribution in [3.8, 4) is 0 Å². The van der Waals surface area contributed by atoms with Gasteiger partial charge in [-0.2, -0.15) is 0 Å². The lowest BCUT2D eigenvalue weighted by atomic mass is 10.2. The zero-order valence-electron chi connectivity index (χ0n) is 8.95. The van der Waals surface area contributed by atoms with Crippen molar-refractivity contribution < 1.29 is 4.79 Å². The summed E-state index contributed by atoms with van der Waals surface area (Å²) in [6, 6.07) is 7.48. The fourth-order valence-electron chi connectivity index (χ4n) is 1.23. The Morgan fingerprint density at radius 3 is 2.62 bits per heavy atom. The predicted molar refractivity (Wildman–Crippen MR) is 64.0 cm³/mol. The summed E-state index contributed by atoms with van der Waals surface area (Å²) in [7, 11) is 0. The van der Waals surface area contributed by atoms with Gasteiger partial charge in [-0.1, -0.05) is 12.1 Å². The smallest absolute Gasteiger partial charge is 0.253 e. The minimum atomic E-state index is -0.729. The summed E-state index contributed by atoms with van der Waals surface area (Å²) in [5.74, 6) is -0.652. The summed E-state index contributed by atoms with van der Waals surface area (Å²) < 4.78 is 0. The van der Waals surface area contributed by atoms with Gasteiger partial charge < -0.3 is 22.2 Å². The second kappa shape index (κ2) is 4.97. The molecule has 0 fully saturated rings. The third-order valence-corrected chi connectivity index (χ3v) is 2.00. The van der Waals surface area contributed by atoms with Gasteiger partial charge in [0.25, 0.3) is 5.91 Å². The number of carbonyl (C=O) groups excluding carboxylic acids is 1. The summed E-state index contributed by atoms with van der Waals surface area (Å²) >= 11 is 0. The normalized spacial score (nSPS) is 11.6. The van der Waals surface area contributed by atoms with Crippen LogP contribution in [0.1, 0.15) is 5.56 Å². The molecule has 1 rings (SSSR count). The summed E-state index contributed by atoms with van der Waals surface area (Å²) in [6.45, 7) is 1.94. The van der Waals surface area contributed by atoms with Crippen LogP contribution in [0.15, 0.2) is 35.7 Å². The second-order valence-electron chi connectivity index (χ2n) is 3.33. The molecule has 1 aromatic carbocycles. The molecular weight excluding hydrogens is 204 g/mol. The topological polar surface area (TPSA) is 105 Å². The second-order valence-corrected chi connectivity index (χ2v) is 3.33. The first-order valence-electron chi connectivity index (χ1n) is 4.68. The van der Waals surface area contributed by atoms with Crippen molar-refractivity contribution in [2.75, 3.05) is 5.32 Å². The van der Waals surface area contributed by atoms with Crippen LogP contribution in [-0.2, 0) is 4.79 Å². The number of anilines is 1. The summed E-state index contributed by atoms with van der Waals surface area (Å²) in [6.07, 6.45) is 0.834. The summed E-state index contributed by atoms with van der Waals surface area (Å²) in [4.78, 5) is 10.9. The number of carbonyl (C=O) groups is 1. The molecule has 0 aliphatic rings. The van der Waals surface area contributed by atoms with E-state index in [4.69, 9.17) is 16.9 Å². The van der Waals surface area contributed by atoms with Crippen LogP contribution in [0.3, 0.4) is 0 Å². The zero-order valence-corrected chi connectivity index (χ0v) is 8.95. The fourth-order valence-corrected chi connectivity index (χ4v) is 1.23. The molecule has 0 bridgehead atoms. The number of nitrogens with one attached hydrogen (secondary N) is 2. The van der Waals surface area contributed by atoms with Gasteiger partial charge in [-0.3, -0.25) is 4.79 Å². The fraction of sp³-hybridized carbons (Fsp3) is 0.0909. The molecule has 0 saturated carbocycles. The van der Waals surface area contributed by atoms with E-state index in [1.807, 2.05) is 31.2 Å². The molecule has 0 atom stereocenters. The zero-order chi connectivity index (χ0) is 12.1. The minimum absolute atomic E-state index is 0.0403. The van der Waals surface area contributed by atoms with Gasteiger partial charge in [-0.15, -0.1) is 0 Å². The van der Waals surface area contributed by atoms with E-state index >= 15 is 0 Å². The van der Waals surface area contributed by atoms with Gasteiger partial charge in [0.2, 0.25) is 0 Å². The van der Waals surface area contributed by atoms with E-state index in [2.05, 4.69) is 5.32 Å². The Kier molecular flexibility index (Phi) is 3.66. The van der Waals surface area contributed by atoms with Gasteiger partial charge in [0.1, 0.15) is 5.82 Å². The summed E-state index contributed by atoms with van der Waals surface area (Å²) in [5.41, 5.74) is 12.5. The maximum absolute atomic E-state index is 10.9. The van der Waals surface area contributed by atoms with E-state index in [-0.39, 0.29) is 11.4 Å². The Bertz CT molecular complexity index is 451. The number of amides is 1. The lowest BCUT2D eigenvalue weighted by Crippen LogP contribution is -2.23. The average molecular weight is 218 g/mol. The standard InChI is InChI=1S/C11H14N4O/c1-7-3-2-4-8(5-7)15-10(13)9(6-12)11(14)16/h2-6,12,15H,13H2,1H3,(H2,14,16)/b10-9+,12-6?. The number of primary amides is 1. The summed E-state index contributed by atoms with van der Waals surface area (Å²) in [5, 5.41) is 9.85. The number of aryl methyl sites for hydroxylation is 1. The van der Waals surface area contributed by atoms with Gasteiger partial charge >= 0.3 is 0 Å². The molecule has 0 radical (unpaired) electrons. The molecule has 16 heavy (non-hydrogen) atoms. The molecular formula is C11H14N4O. The minimum Gasteiger partial charge on any atom is -0.385 e. The molecule has 1 amide bonds. The number of benzene rings is 1. The molecule has 84 valence electrons. The number of hydrogen-bond acceptors (Lipinski definition) is 4. The van der Waals surface area contributed by atoms with Crippen LogP contribution >= 0.6 is 0 Å². The lowest BCUT2D eigenvalue weighted by molar-refractivity contribution is -0.114. The molecule has 1 aromatic rings. The van der Waals surface area contributed by atoms with Crippen LogP contribution < -0.4 is 16.8 Å². The highest BCUT2D eigenvalue weighted by atomic mass is 16.1. The van der Waals surface area contributed by atoms with Crippen molar-refractivity contribution in [3.63, 3.8) is 0 Å². The Labute approximate surface area is 93.6 Å². The van der Waals surface area contributed by atoms with Crippen molar-refractivity contribution in [2.45, 2.75) is 6.92 Å². The first-order chi connectivity index (χ1) is 7.54. The van der Waals surface area contributed by atoms with Crippen molar-refractivity contribution in [1.82, 2.24) is 0 Å². The number of rotatable bonds is 4. The molecule has 0 aliphatic heterocycles. The highest BCUT2D eigenvalue weighted by molar-refractivity contribution is 6.11. The Balaban J connectivity index is 2.97. The monoisotopic (exact) mass is 218 g/mol. The van der Waals surface area contributed by atoms with E-state index < -0.39 is 5.91 Å². The molecule has 0 heterocycles. The Morgan fingerprint density at radius 1 is 1.44 bits per heavy atom. The molecule has 0 spiro atoms. The van der Waals surface area contributed by atoms with Gasteiger partial charge in [-0.25, -0.2) is 0 Å². The van der Waals surface area contributed by atoms with Crippen molar-refractivity contribution in [1.29, 1.82) is 5.41 Å². The quantitative estimate of drug-likeness (QED) is 0.442. The first kappa shape index (κ1) is 11.8. The third-order valence-electron chi connectivity index (χ3n) is 2.00. The maximum atomic E-state index is 10.9. The van der Waals surface area contributed by atoms with Gasteiger partial charge in [-0.05, 0) is 24.6 Å². The van der Waals surface area contributed by atoms with E-state index in [1.165, 1.54) is 0 Å². The van der Waals surface area contributed by atoms with Gasteiger partial charge in [0.15, 0.2) is 0 Å². The highest BCUT2D eigenvalue weighted by Crippen LogP contribution is 2.11. The number of hydrogen-bond donors (Lipinski definition) is 4. The molecule has 0 aromatic heterocycles. The molecule has 5 nitrogen and oxygen atoms in total. The van der Waals surface area contributed by atoms with Crippen LogP contribution in [0.2, 0.25) is 0 Å². The van der Waals surface area contributed by atoms with Crippen molar-refractivity contribution in [2.24, 2.45) is 11.5 Å². The van der Waals surface area contributed by atoms with Gasteiger partial charge in [0.05, 0.1) is 5.57 Å². The van der Waals surface area contributed by atoms with E-state index in [0.717, 1.165) is 17.5 Å². The molecule has 0 unspecified atom stereocenters. The largest absolute Gasteiger partial charge is 0.385 e. The molecule has 6 N–H and O–H groups in total. The third kappa shape index (κ3) is 2.84.